The molecule has 9 nitrogen and oxygen atoms in total. The van der Waals surface area contributed by atoms with E-state index in [2.05, 4.69) is 5.32 Å². The molecule has 0 radical (unpaired) electrons. The van der Waals surface area contributed by atoms with Crippen LogP contribution < -0.4 is 19.1 Å². The number of carbonyl (C=O) groups excluding carboxylic acids is 2. The Balaban J connectivity index is 1.60. The number of hydrogen-bond donors (Lipinski definition) is 1. The van der Waals surface area contributed by atoms with E-state index in [0.29, 0.717) is 21.4 Å². The molecule has 12 heteroatoms. The van der Waals surface area contributed by atoms with Crippen LogP contribution in [0.25, 0.3) is 0 Å². The van der Waals surface area contributed by atoms with Crippen molar-refractivity contribution < 1.29 is 27.5 Å². The monoisotopic (exact) mass is 737 g/mol. The smallest absolute Gasteiger partial charge is 0.264 e. The minimum Gasteiger partial charge on any atom is -0.493 e. The van der Waals surface area contributed by atoms with Gasteiger partial charge in [-0.15, -0.1) is 0 Å². The second-order valence-corrected chi connectivity index (χ2v) is 14.9. The van der Waals surface area contributed by atoms with Gasteiger partial charge in [-0.2, -0.15) is 0 Å². The van der Waals surface area contributed by atoms with Crippen LogP contribution in [-0.4, -0.2) is 58.0 Å². The molecule has 0 spiro atoms. The highest BCUT2D eigenvalue weighted by atomic mass is 35.5. The second-order valence-electron chi connectivity index (χ2n) is 12.2. The Morgan fingerprint density at radius 1 is 0.800 bits per heavy atom. The summed E-state index contributed by atoms with van der Waals surface area (Å²) >= 11 is 12.6. The first-order valence-electron chi connectivity index (χ1n) is 16.5. The lowest BCUT2D eigenvalue weighted by Gasteiger charge is -2.35. The van der Waals surface area contributed by atoms with Crippen LogP contribution in [-0.2, 0) is 32.6 Å². The highest BCUT2D eigenvalue weighted by Gasteiger charge is 2.36. The van der Waals surface area contributed by atoms with E-state index in [1.807, 2.05) is 30.3 Å². The summed E-state index contributed by atoms with van der Waals surface area (Å²) in [6.45, 7) is -0.646. The van der Waals surface area contributed by atoms with Gasteiger partial charge < -0.3 is 19.7 Å². The lowest BCUT2D eigenvalue weighted by atomic mass is 9.94. The Kier molecular flexibility index (Phi) is 12.7. The Labute approximate surface area is 304 Å². The molecule has 50 heavy (non-hydrogen) atoms. The number of carbonyl (C=O) groups is 2. The summed E-state index contributed by atoms with van der Waals surface area (Å²) in [5.74, 6) is -0.224. The average molecular weight is 739 g/mol. The summed E-state index contributed by atoms with van der Waals surface area (Å²) in [4.78, 5) is 30.5. The molecule has 1 N–H and O–H groups in total. The largest absolute Gasteiger partial charge is 0.493 e. The zero-order chi connectivity index (χ0) is 35.7. The Morgan fingerprint density at radius 3 is 2.10 bits per heavy atom. The molecule has 264 valence electrons. The zero-order valence-corrected chi connectivity index (χ0v) is 30.4. The van der Waals surface area contributed by atoms with Gasteiger partial charge in [-0.25, -0.2) is 8.42 Å². The van der Waals surface area contributed by atoms with Gasteiger partial charge >= 0.3 is 0 Å². The molecular formula is C38H41Cl2N3O6S. The lowest BCUT2D eigenvalue weighted by Crippen LogP contribution is -2.55. The molecular weight excluding hydrogens is 697 g/mol. The number of sulfonamides is 1. The predicted octanol–water partition coefficient (Wildman–Crippen LogP) is 7.29. The van der Waals surface area contributed by atoms with Gasteiger partial charge in [0.15, 0.2) is 11.5 Å². The summed E-state index contributed by atoms with van der Waals surface area (Å²) in [7, 11) is -1.37. The van der Waals surface area contributed by atoms with Gasteiger partial charge in [0.25, 0.3) is 10.0 Å². The van der Waals surface area contributed by atoms with E-state index in [1.165, 1.54) is 37.3 Å². The fourth-order valence-corrected chi connectivity index (χ4v) is 7.91. The summed E-state index contributed by atoms with van der Waals surface area (Å²) in [5.41, 5.74) is 1.65. The fourth-order valence-electron chi connectivity index (χ4n) is 6.16. The van der Waals surface area contributed by atoms with Crippen molar-refractivity contribution in [1.29, 1.82) is 0 Å². The standard InChI is InChI=1S/C38H41Cl2N3O6S/c1-48-35-21-19-30(24-36(35)49-2)43(50(46,47)31-16-10-5-11-17-31)26-37(44)42(25-28-18-20-32(39)33(40)22-28)34(23-27-12-6-3-7-13-27)38(45)41-29-14-8-4-9-15-29/h3,5-7,10-13,16-22,24,29,34H,4,8-9,14-15,23,25-26H2,1-2H3,(H,41,45)/t34-/m0/s1. The number of anilines is 1. The lowest BCUT2D eigenvalue weighted by molar-refractivity contribution is -0.140. The van der Waals surface area contributed by atoms with Gasteiger partial charge in [0, 0.05) is 25.1 Å². The van der Waals surface area contributed by atoms with Crippen LogP contribution in [0.1, 0.15) is 43.2 Å². The van der Waals surface area contributed by atoms with Crippen molar-refractivity contribution in [3.63, 3.8) is 0 Å². The Hall–Kier alpha value is -4.25. The van der Waals surface area contributed by atoms with Crippen molar-refractivity contribution in [3.05, 3.63) is 118 Å². The highest BCUT2D eigenvalue weighted by molar-refractivity contribution is 7.92. The first-order valence-corrected chi connectivity index (χ1v) is 18.7. The van der Waals surface area contributed by atoms with E-state index in [9.17, 15) is 18.0 Å². The maximum atomic E-state index is 14.8. The van der Waals surface area contributed by atoms with Crippen molar-refractivity contribution >= 4 is 50.7 Å². The number of rotatable bonds is 14. The van der Waals surface area contributed by atoms with Crippen LogP contribution in [0.3, 0.4) is 0 Å². The second kappa shape index (κ2) is 17.1. The molecule has 0 bridgehead atoms. The molecule has 0 aromatic heterocycles. The van der Waals surface area contributed by atoms with Crippen LogP contribution >= 0.6 is 23.2 Å². The van der Waals surface area contributed by atoms with Crippen LogP contribution in [0.15, 0.2) is 102 Å². The third-order valence-corrected chi connectivity index (χ3v) is 11.4. The molecule has 4 aromatic rings. The summed E-state index contributed by atoms with van der Waals surface area (Å²) < 4.78 is 40.5. The molecule has 0 heterocycles. The third-order valence-electron chi connectivity index (χ3n) is 8.82. The highest BCUT2D eigenvalue weighted by Crippen LogP contribution is 2.34. The van der Waals surface area contributed by atoms with Gasteiger partial charge in [0.2, 0.25) is 11.8 Å². The summed E-state index contributed by atoms with van der Waals surface area (Å²) in [5, 5.41) is 3.85. The molecule has 1 aliphatic carbocycles. The number of ether oxygens (including phenoxy) is 2. The van der Waals surface area contributed by atoms with Gasteiger partial charge in [-0.3, -0.25) is 13.9 Å². The molecule has 1 aliphatic rings. The number of hydrogen-bond acceptors (Lipinski definition) is 6. The van der Waals surface area contributed by atoms with E-state index in [-0.39, 0.29) is 41.2 Å². The van der Waals surface area contributed by atoms with Gasteiger partial charge in [-0.05, 0) is 60.4 Å². The zero-order valence-electron chi connectivity index (χ0n) is 28.1. The molecule has 1 atom stereocenters. The molecule has 1 fully saturated rings. The van der Waals surface area contributed by atoms with Crippen molar-refractivity contribution in [2.24, 2.45) is 0 Å². The minimum absolute atomic E-state index is 0.00510. The molecule has 2 amide bonds. The summed E-state index contributed by atoms with van der Waals surface area (Å²) in [6.07, 6.45) is 5.05. The third kappa shape index (κ3) is 9.10. The SMILES string of the molecule is COc1ccc(N(CC(=O)N(Cc2ccc(Cl)c(Cl)c2)[C@@H](Cc2ccccc2)C(=O)NC2CCCCC2)S(=O)(=O)c2ccccc2)cc1OC. The van der Waals surface area contributed by atoms with E-state index in [1.54, 1.807) is 48.5 Å². The fraction of sp³-hybridized carbons (Fsp3) is 0.316. The number of amides is 2. The van der Waals surface area contributed by atoms with Crippen molar-refractivity contribution in [3.8, 4) is 11.5 Å². The Morgan fingerprint density at radius 2 is 1.46 bits per heavy atom. The van der Waals surface area contributed by atoms with Crippen LogP contribution in [0.4, 0.5) is 5.69 Å². The topological polar surface area (TPSA) is 105 Å². The van der Waals surface area contributed by atoms with Crippen LogP contribution in [0.2, 0.25) is 10.0 Å². The van der Waals surface area contributed by atoms with E-state index < -0.39 is 28.5 Å². The van der Waals surface area contributed by atoms with Gasteiger partial charge in [0.05, 0.1) is 34.8 Å². The quantitative estimate of drug-likeness (QED) is 0.146. The predicted molar refractivity (Wildman–Crippen MR) is 196 cm³/mol. The minimum atomic E-state index is -4.29. The number of halogens is 2. The maximum absolute atomic E-state index is 14.8. The molecule has 1 saturated carbocycles. The molecule has 4 aromatic carbocycles. The van der Waals surface area contributed by atoms with E-state index >= 15 is 0 Å². The van der Waals surface area contributed by atoms with Gasteiger partial charge in [-0.1, -0.05) is 97.1 Å². The van der Waals surface area contributed by atoms with E-state index in [4.69, 9.17) is 32.7 Å². The molecule has 0 saturated heterocycles. The van der Waals surface area contributed by atoms with Crippen LogP contribution in [0.5, 0.6) is 11.5 Å². The van der Waals surface area contributed by atoms with Crippen molar-refractivity contribution in [2.45, 2.75) is 62.0 Å². The van der Waals surface area contributed by atoms with E-state index in [0.717, 1.165) is 42.0 Å². The summed E-state index contributed by atoms with van der Waals surface area (Å²) in [6, 6.07) is 26.0. The number of nitrogens with one attached hydrogen (secondary N) is 1. The number of nitrogens with zero attached hydrogens (tertiary/aromatic N) is 2. The number of benzene rings is 4. The van der Waals surface area contributed by atoms with Gasteiger partial charge in [0.1, 0.15) is 12.6 Å². The normalized spacial score (nSPS) is 14.0. The molecule has 0 unspecified atom stereocenters. The average Bonchev–Trinajstić information content (AvgIpc) is 3.14. The van der Waals surface area contributed by atoms with Crippen molar-refractivity contribution in [2.75, 3.05) is 25.1 Å². The Bertz CT molecular complexity index is 1870. The maximum Gasteiger partial charge on any atom is 0.264 e. The van der Waals surface area contributed by atoms with Crippen molar-refractivity contribution in [1.82, 2.24) is 10.2 Å². The van der Waals surface area contributed by atoms with Crippen LogP contribution in [0, 0.1) is 0 Å². The molecule has 5 rings (SSSR count). The molecule has 0 aliphatic heterocycles. The number of methoxy groups -OCH3 is 2. The first kappa shape index (κ1) is 37.0. The first-order chi connectivity index (χ1) is 24.1.